The summed E-state index contributed by atoms with van der Waals surface area (Å²) < 4.78 is 48.7. The molecule has 2 N–H and O–H groups in total. The van der Waals surface area contributed by atoms with Crippen molar-refractivity contribution in [3.05, 3.63) is 99.9 Å². The standard InChI is InChI=1S/C25H17F3N2O5/c1-34-20-8-4-5-15-13-17(24(33)35-21(15)20)23(32)30-19-7-3-2-6-18(19)29-22(31)14-9-11-16(12-10-14)25(26,27)28/h2-13H,1H3,(H,29,31)(H,30,32). The van der Waals surface area contributed by atoms with Gasteiger partial charge in [-0.25, -0.2) is 4.79 Å². The highest BCUT2D eigenvalue weighted by Crippen LogP contribution is 2.30. The smallest absolute Gasteiger partial charge is 0.416 e. The monoisotopic (exact) mass is 482 g/mol. The van der Waals surface area contributed by atoms with Gasteiger partial charge in [0.05, 0.1) is 24.0 Å². The van der Waals surface area contributed by atoms with Crippen molar-refractivity contribution in [1.82, 2.24) is 0 Å². The first-order valence-electron chi connectivity index (χ1n) is 10.2. The van der Waals surface area contributed by atoms with E-state index in [4.69, 9.17) is 9.15 Å². The molecule has 0 fully saturated rings. The van der Waals surface area contributed by atoms with Crippen LogP contribution in [0.3, 0.4) is 0 Å². The lowest BCUT2D eigenvalue weighted by molar-refractivity contribution is -0.137. The van der Waals surface area contributed by atoms with E-state index in [1.165, 1.54) is 25.3 Å². The van der Waals surface area contributed by atoms with Crippen LogP contribution < -0.4 is 21.0 Å². The van der Waals surface area contributed by atoms with Gasteiger partial charge in [0.2, 0.25) is 0 Å². The van der Waals surface area contributed by atoms with Gasteiger partial charge in [0.25, 0.3) is 11.8 Å². The number of nitrogens with one attached hydrogen (secondary N) is 2. The maximum Gasteiger partial charge on any atom is 0.416 e. The van der Waals surface area contributed by atoms with E-state index in [0.29, 0.717) is 11.1 Å². The van der Waals surface area contributed by atoms with Crippen molar-refractivity contribution >= 4 is 34.2 Å². The summed E-state index contributed by atoms with van der Waals surface area (Å²) in [6.45, 7) is 0. The molecule has 35 heavy (non-hydrogen) atoms. The average Bonchev–Trinajstić information content (AvgIpc) is 2.84. The number of para-hydroxylation sites is 3. The van der Waals surface area contributed by atoms with Gasteiger partial charge in [0.1, 0.15) is 5.56 Å². The molecule has 0 aliphatic rings. The van der Waals surface area contributed by atoms with E-state index < -0.39 is 29.2 Å². The molecule has 10 heteroatoms. The highest BCUT2D eigenvalue weighted by Gasteiger charge is 2.30. The van der Waals surface area contributed by atoms with Gasteiger partial charge in [-0.1, -0.05) is 24.3 Å². The Bertz CT molecular complexity index is 1480. The van der Waals surface area contributed by atoms with Crippen LogP contribution in [0.15, 0.2) is 82.0 Å². The van der Waals surface area contributed by atoms with Crippen LogP contribution in [0.1, 0.15) is 26.3 Å². The second kappa shape index (κ2) is 9.34. The molecular formula is C25H17F3N2O5. The summed E-state index contributed by atoms with van der Waals surface area (Å²) in [5.41, 5.74) is -1.50. The molecule has 0 unspecified atom stereocenters. The van der Waals surface area contributed by atoms with E-state index in [0.717, 1.165) is 24.3 Å². The number of amides is 2. The summed E-state index contributed by atoms with van der Waals surface area (Å²) in [6, 6.07) is 16.2. The van der Waals surface area contributed by atoms with Crippen molar-refractivity contribution in [2.75, 3.05) is 17.7 Å². The molecular weight excluding hydrogens is 465 g/mol. The van der Waals surface area contributed by atoms with Gasteiger partial charge in [-0.2, -0.15) is 13.2 Å². The zero-order valence-corrected chi connectivity index (χ0v) is 18.1. The molecule has 0 atom stereocenters. The Morgan fingerprint density at radius 3 is 2.09 bits per heavy atom. The summed E-state index contributed by atoms with van der Waals surface area (Å²) in [5.74, 6) is -1.12. The SMILES string of the molecule is COc1cccc2cc(C(=O)Nc3ccccc3NC(=O)c3ccc(C(F)(F)F)cc3)c(=O)oc12. The van der Waals surface area contributed by atoms with Crippen molar-refractivity contribution in [2.45, 2.75) is 6.18 Å². The van der Waals surface area contributed by atoms with Crippen LogP contribution in [-0.4, -0.2) is 18.9 Å². The topological polar surface area (TPSA) is 97.6 Å². The molecule has 0 radical (unpaired) electrons. The Hall–Kier alpha value is -4.60. The van der Waals surface area contributed by atoms with Gasteiger partial charge in [-0.05, 0) is 48.5 Å². The molecule has 1 aromatic heterocycles. The highest BCUT2D eigenvalue weighted by atomic mass is 19.4. The summed E-state index contributed by atoms with van der Waals surface area (Å²) in [6.07, 6.45) is -4.52. The molecule has 0 saturated carbocycles. The number of methoxy groups -OCH3 is 1. The number of fused-ring (bicyclic) bond motifs is 1. The second-order valence-electron chi connectivity index (χ2n) is 7.36. The number of alkyl halides is 3. The number of hydrogen-bond acceptors (Lipinski definition) is 5. The van der Waals surface area contributed by atoms with Crippen LogP contribution in [0.5, 0.6) is 5.75 Å². The van der Waals surface area contributed by atoms with Crippen LogP contribution in [0, 0.1) is 0 Å². The van der Waals surface area contributed by atoms with Crippen LogP contribution in [0.2, 0.25) is 0 Å². The fraction of sp³-hybridized carbons (Fsp3) is 0.0800. The Balaban J connectivity index is 1.57. The number of carbonyl (C=O) groups excluding carboxylic acids is 2. The van der Waals surface area contributed by atoms with E-state index >= 15 is 0 Å². The minimum absolute atomic E-state index is 0.0109. The van der Waals surface area contributed by atoms with Gasteiger partial charge in [0.15, 0.2) is 11.3 Å². The van der Waals surface area contributed by atoms with Gasteiger partial charge < -0.3 is 19.8 Å². The van der Waals surface area contributed by atoms with E-state index in [1.807, 2.05) is 0 Å². The van der Waals surface area contributed by atoms with Crippen molar-refractivity contribution < 1.29 is 31.9 Å². The normalized spacial score (nSPS) is 11.2. The van der Waals surface area contributed by atoms with E-state index in [9.17, 15) is 27.6 Å². The third-order valence-electron chi connectivity index (χ3n) is 5.09. The fourth-order valence-electron chi connectivity index (χ4n) is 3.33. The number of anilines is 2. The average molecular weight is 482 g/mol. The van der Waals surface area contributed by atoms with E-state index in [1.54, 1.807) is 30.3 Å². The minimum atomic E-state index is -4.52. The number of hydrogen-bond donors (Lipinski definition) is 2. The molecule has 4 rings (SSSR count). The molecule has 0 aliphatic heterocycles. The summed E-state index contributed by atoms with van der Waals surface area (Å²) in [4.78, 5) is 37.9. The van der Waals surface area contributed by atoms with Gasteiger partial charge in [0, 0.05) is 10.9 Å². The first kappa shape index (κ1) is 23.6. The lowest BCUT2D eigenvalue weighted by Crippen LogP contribution is -2.22. The third-order valence-corrected chi connectivity index (χ3v) is 5.09. The van der Waals surface area contributed by atoms with E-state index in [2.05, 4.69) is 10.6 Å². The lowest BCUT2D eigenvalue weighted by Gasteiger charge is -2.13. The first-order valence-corrected chi connectivity index (χ1v) is 10.2. The van der Waals surface area contributed by atoms with Gasteiger partial charge in [-0.15, -0.1) is 0 Å². The third kappa shape index (κ3) is 5.01. The molecule has 178 valence electrons. The second-order valence-corrected chi connectivity index (χ2v) is 7.36. The van der Waals surface area contributed by atoms with Gasteiger partial charge >= 0.3 is 11.8 Å². The lowest BCUT2D eigenvalue weighted by atomic mass is 10.1. The molecule has 0 aliphatic carbocycles. The minimum Gasteiger partial charge on any atom is -0.493 e. The van der Waals surface area contributed by atoms with Crippen LogP contribution >= 0.6 is 0 Å². The number of ether oxygens (including phenoxy) is 1. The Labute approximate surface area is 196 Å². The summed E-state index contributed by atoms with van der Waals surface area (Å²) >= 11 is 0. The predicted molar refractivity (Wildman–Crippen MR) is 123 cm³/mol. The predicted octanol–water partition coefficient (Wildman–Crippen LogP) is 5.33. The Morgan fingerprint density at radius 2 is 1.49 bits per heavy atom. The number of halogens is 3. The molecule has 0 bridgehead atoms. The number of rotatable bonds is 5. The summed E-state index contributed by atoms with van der Waals surface area (Å²) in [7, 11) is 1.42. The van der Waals surface area contributed by atoms with Crippen molar-refractivity contribution in [3.8, 4) is 5.75 Å². The quantitative estimate of drug-likeness (QED) is 0.375. The van der Waals surface area contributed by atoms with Crippen molar-refractivity contribution in [3.63, 3.8) is 0 Å². The maximum absolute atomic E-state index is 12.9. The van der Waals surface area contributed by atoms with Gasteiger partial charge in [-0.3, -0.25) is 9.59 Å². The zero-order chi connectivity index (χ0) is 25.2. The molecule has 0 spiro atoms. The maximum atomic E-state index is 12.9. The van der Waals surface area contributed by atoms with Crippen molar-refractivity contribution in [1.29, 1.82) is 0 Å². The van der Waals surface area contributed by atoms with E-state index in [-0.39, 0.29) is 28.1 Å². The molecule has 4 aromatic rings. The largest absolute Gasteiger partial charge is 0.493 e. The molecule has 7 nitrogen and oxygen atoms in total. The molecule has 1 heterocycles. The van der Waals surface area contributed by atoms with Crippen LogP contribution in [-0.2, 0) is 6.18 Å². The van der Waals surface area contributed by atoms with Crippen LogP contribution in [0.4, 0.5) is 24.5 Å². The first-order chi connectivity index (χ1) is 16.7. The molecule has 2 amide bonds. The zero-order valence-electron chi connectivity index (χ0n) is 18.1. The van der Waals surface area contributed by atoms with Crippen LogP contribution in [0.25, 0.3) is 11.0 Å². The van der Waals surface area contributed by atoms with Crippen molar-refractivity contribution in [2.24, 2.45) is 0 Å². The Morgan fingerprint density at radius 1 is 0.857 bits per heavy atom. The molecule has 0 saturated heterocycles. The Kier molecular flexibility index (Phi) is 6.28. The number of benzene rings is 3. The summed E-state index contributed by atoms with van der Waals surface area (Å²) in [5, 5.41) is 5.57. The fourth-order valence-corrected chi connectivity index (χ4v) is 3.33. The highest BCUT2D eigenvalue weighted by molar-refractivity contribution is 6.10. The molecule has 3 aromatic carbocycles. The number of carbonyl (C=O) groups is 2.